The van der Waals surface area contributed by atoms with Crippen molar-refractivity contribution in [2.75, 3.05) is 13.2 Å². The fraction of sp³-hybridized carbons (Fsp3) is 0.538. The summed E-state index contributed by atoms with van der Waals surface area (Å²) in [5.74, 6) is -0.482. The smallest absolute Gasteiger partial charge is 0.325 e. The molecule has 0 aliphatic heterocycles. The molecule has 0 fully saturated rings. The van der Waals surface area contributed by atoms with Crippen molar-refractivity contribution in [2.45, 2.75) is 33.7 Å². The van der Waals surface area contributed by atoms with E-state index in [4.69, 9.17) is 4.74 Å². The first-order valence-electron chi connectivity index (χ1n) is 5.96. The number of rotatable bonds is 5. The highest BCUT2D eigenvalue weighted by Crippen LogP contribution is 2.17. The van der Waals surface area contributed by atoms with Gasteiger partial charge in [0.25, 0.3) is 5.91 Å². The molecule has 0 aromatic carbocycles. The number of ether oxygens (including phenoxy) is 1. The first-order valence-corrected chi connectivity index (χ1v) is 6.91. The second-order valence-corrected chi connectivity index (χ2v) is 5.04. The molecule has 1 aromatic heterocycles. The highest BCUT2D eigenvalue weighted by Gasteiger charge is 2.23. The van der Waals surface area contributed by atoms with Gasteiger partial charge in [0.1, 0.15) is 6.54 Å². The lowest BCUT2D eigenvalue weighted by atomic mass is 10.1. The molecule has 0 saturated carbocycles. The first-order chi connectivity index (χ1) is 8.47. The van der Waals surface area contributed by atoms with Gasteiger partial charge < -0.3 is 9.64 Å². The molecule has 1 amide bonds. The van der Waals surface area contributed by atoms with Crippen molar-refractivity contribution in [1.82, 2.24) is 4.90 Å². The third-order valence-electron chi connectivity index (χ3n) is 2.57. The summed E-state index contributed by atoms with van der Waals surface area (Å²) in [5, 5.41) is 3.74. The molecule has 0 aliphatic rings. The molecule has 1 aromatic rings. The molecule has 0 bridgehead atoms. The summed E-state index contributed by atoms with van der Waals surface area (Å²) < 4.78 is 4.89. The zero-order valence-electron chi connectivity index (χ0n) is 11.2. The van der Waals surface area contributed by atoms with E-state index in [1.807, 2.05) is 31.5 Å². The van der Waals surface area contributed by atoms with E-state index in [-0.39, 0.29) is 24.5 Å². The van der Waals surface area contributed by atoms with Crippen molar-refractivity contribution in [1.29, 1.82) is 0 Å². The summed E-state index contributed by atoms with van der Waals surface area (Å²) in [7, 11) is 0. The predicted molar refractivity (Wildman–Crippen MR) is 71.9 cm³/mol. The number of nitrogens with zero attached hydrogens (tertiary/aromatic N) is 1. The van der Waals surface area contributed by atoms with Crippen LogP contribution in [-0.4, -0.2) is 36.0 Å². The molecular weight excluding hydrogens is 250 g/mol. The molecule has 0 atom stereocenters. The van der Waals surface area contributed by atoms with E-state index in [1.54, 1.807) is 6.92 Å². The van der Waals surface area contributed by atoms with Crippen molar-refractivity contribution in [3.05, 3.63) is 21.9 Å². The highest BCUT2D eigenvalue weighted by molar-refractivity contribution is 7.08. The second-order valence-electron chi connectivity index (χ2n) is 4.30. The van der Waals surface area contributed by atoms with Crippen LogP contribution in [0.3, 0.4) is 0 Å². The first kappa shape index (κ1) is 14.7. The van der Waals surface area contributed by atoms with Crippen LogP contribution >= 0.6 is 11.3 Å². The summed E-state index contributed by atoms with van der Waals surface area (Å²) >= 11 is 1.49. The Morgan fingerprint density at radius 2 is 2.06 bits per heavy atom. The topological polar surface area (TPSA) is 46.6 Å². The summed E-state index contributed by atoms with van der Waals surface area (Å²) in [5.41, 5.74) is 1.61. The van der Waals surface area contributed by atoms with Crippen LogP contribution in [0.1, 0.15) is 36.7 Å². The maximum absolute atomic E-state index is 12.3. The van der Waals surface area contributed by atoms with E-state index in [2.05, 4.69) is 0 Å². The molecule has 0 aliphatic carbocycles. The molecular formula is C13H19NO3S. The highest BCUT2D eigenvalue weighted by atomic mass is 32.1. The van der Waals surface area contributed by atoms with Crippen LogP contribution in [0.5, 0.6) is 0 Å². The zero-order chi connectivity index (χ0) is 13.7. The lowest BCUT2D eigenvalue weighted by Gasteiger charge is -2.25. The number of carbonyl (C=O) groups is 2. The number of carbonyl (C=O) groups excluding carboxylic acids is 2. The lowest BCUT2D eigenvalue weighted by Crippen LogP contribution is -2.41. The Hall–Kier alpha value is -1.36. The van der Waals surface area contributed by atoms with Gasteiger partial charge in [0.15, 0.2) is 0 Å². The summed E-state index contributed by atoms with van der Waals surface area (Å²) in [6, 6.07) is -0.0405. The van der Waals surface area contributed by atoms with Gasteiger partial charge in [-0.2, -0.15) is 11.3 Å². The number of aryl methyl sites for hydroxylation is 1. The quantitative estimate of drug-likeness (QED) is 0.771. The Labute approximate surface area is 112 Å². The number of amides is 1. The van der Waals surface area contributed by atoms with E-state index in [9.17, 15) is 9.59 Å². The monoisotopic (exact) mass is 269 g/mol. The Morgan fingerprint density at radius 3 is 2.50 bits per heavy atom. The predicted octanol–water partition coefficient (Wildman–Crippen LogP) is 2.47. The molecule has 5 heteroatoms. The Kier molecular flexibility index (Phi) is 5.34. The van der Waals surface area contributed by atoms with E-state index in [1.165, 1.54) is 16.2 Å². The van der Waals surface area contributed by atoms with Crippen molar-refractivity contribution in [3.63, 3.8) is 0 Å². The van der Waals surface area contributed by atoms with Crippen LogP contribution in [0.2, 0.25) is 0 Å². The molecule has 0 unspecified atom stereocenters. The molecule has 0 N–H and O–H groups in total. The fourth-order valence-electron chi connectivity index (χ4n) is 1.57. The lowest BCUT2D eigenvalue weighted by molar-refractivity contribution is -0.144. The van der Waals surface area contributed by atoms with Crippen LogP contribution in [-0.2, 0) is 9.53 Å². The molecule has 0 radical (unpaired) electrons. The van der Waals surface area contributed by atoms with Gasteiger partial charge in [0.05, 0.1) is 12.2 Å². The minimum atomic E-state index is -0.368. The minimum absolute atomic E-state index is 0.000370. The van der Waals surface area contributed by atoms with Crippen molar-refractivity contribution in [2.24, 2.45) is 0 Å². The third-order valence-corrected chi connectivity index (χ3v) is 3.44. The molecule has 100 valence electrons. The zero-order valence-corrected chi connectivity index (χ0v) is 12.0. The SMILES string of the molecule is CCOC(=O)CN(C(=O)c1cscc1C)C(C)C. The van der Waals surface area contributed by atoms with Gasteiger partial charge in [0, 0.05) is 11.4 Å². The summed E-state index contributed by atoms with van der Waals surface area (Å²) in [6.45, 7) is 7.75. The van der Waals surface area contributed by atoms with Crippen molar-refractivity contribution in [3.8, 4) is 0 Å². The van der Waals surface area contributed by atoms with Gasteiger partial charge in [-0.3, -0.25) is 9.59 Å². The van der Waals surface area contributed by atoms with Crippen LogP contribution < -0.4 is 0 Å². The Morgan fingerprint density at radius 1 is 1.39 bits per heavy atom. The van der Waals surface area contributed by atoms with Crippen LogP contribution in [0, 0.1) is 6.92 Å². The summed E-state index contributed by atoms with van der Waals surface area (Å²) in [4.78, 5) is 25.4. The summed E-state index contributed by atoms with van der Waals surface area (Å²) in [6.07, 6.45) is 0. The third kappa shape index (κ3) is 3.57. The van der Waals surface area contributed by atoms with E-state index in [0.717, 1.165) is 5.56 Å². The Bertz CT molecular complexity index is 426. The molecule has 18 heavy (non-hydrogen) atoms. The molecule has 0 saturated heterocycles. The molecule has 4 nitrogen and oxygen atoms in total. The minimum Gasteiger partial charge on any atom is -0.465 e. The maximum Gasteiger partial charge on any atom is 0.325 e. The number of hydrogen-bond donors (Lipinski definition) is 0. The number of hydrogen-bond acceptors (Lipinski definition) is 4. The van der Waals surface area contributed by atoms with Gasteiger partial charge in [-0.1, -0.05) is 0 Å². The number of esters is 1. The van der Waals surface area contributed by atoms with Gasteiger partial charge >= 0.3 is 5.97 Å². The standard InChI is InChI=1S/C13H19NO3S/c1-5-17-12(15)6-14(9(2)3)13(16)11-8-18-7-10(11)4/h7-9H,5-6H2,1-4H3. The second kappa shape index (κ2) is 6.54. The van der Waals surface area contributed by atoms with Crippen LogP contribution in [0.15, 0.2) is 10.8 Å². The van der Waals surface area contributed by atoms with E-state index in [0.29, 0.717) is 12.2 Å². The average molecular weight is 269 g/mol. The molecule has 1 rings (SSSR count). The number of thiophene rings is 1. The van der Waals surface area contributed by atoms with E-state index < -0.39 is 0 Å². The van der Waals surface area contributed by atoms with Gasteiger partial charge in [-0.15, -0.1) is 0 Å². The Balaban J connectivity index is 2.83. The molecule has 1 heterocycles. The van der Waals surface area contributed by atoms with Crippen LogP contribution in [0.4, 0.5) is 0 Å². The van der Waals surface area contributed by atoms with Crippen LogP contribution in [0.25, 0.3) is 0 Å². The fourth-order valence-corrected chi connectivity index (χ4v) is 2.39. The van der Waals surface area contributed by atoms with Crippen molar-refractivity contribution >= 4 is 23.2 Å². The normalized spacial score (nSPS) is 10.5. The van der Waals surface area contributed by atoms with Gasteiger partial charge in [-0.25, -0.2) is 0 Å². The van der Waals surface area contributed by atoms with E-state index >= 15 is 0 Å². The van der Waals surface area contributed by atoms with Crippen molar-refractivity contribution < 1.29 is 14.3 Å². The van der Waals surface area contributed by atoms with Gasteiger partial charge in [0.2, 0.25) is 0 Å². The average Bonchev–Trinajstić information content (AvgIpc) is 2.71. The van der Waals surface area contributed by atoms with Gasteiger partial charge in [-0.05, 0) is 38.6 Å². The largest absolute Gasteiger partial charge is 0.465 e. The molecule has 0 spiro atoms. The maximum atomic E-state index is 12.3.